The number of methoxy groups -OCH3 is 3. The first-order valence-electron chi connectivity index (χ1n) is 17.4. The summed E-state index contributed by atoms with van der Waals surface area (Å²) < 4.78 is 20.9. The van der Waals surface area contributed by atoms with Gasteiger partial charge in [0.25, 0.3) is 0 Å². The first kappa shape index (κ1) is 43.5. The van der Waals surface area contributed by atoms with E-state index in [1.165, 1.54) is 30.7 Å². The van der Waals surface area contributed by atoms with Crippen LogP contribution in [0.5, 0.6) is 17.2 Å². The second-order valence-electron chi connectivity index (χ2n) is 11.8. The summed E-state index contributed by atoms with van der Waals surface area (Å²) in [5.41, 5.74) is 4.44. The highest BCUT2D eigenvalue weighted by Gasteiger charge is 2.19. The van der Waals surface area contributed by atoms with Crippen molar-refractivity contribution >= 4 is 25.1 Å². The topological polar surface area (TPSA) is 112 Å². The molecule has 0 radical (unpaired) electrons. The van der Waals surface area contributed by atoms with E-state index in [1.807, 2.05) is 42.5 Å². The van der Waals surface area contributed by atoms with Crippen LogP contribution in [0.4, 0.5) is 0 Å². The summed E-state index contributed by atoms with van der Waals surface area (Å²) in [5.74, 6) is 3.01. The van der Waals surface area contributed by atoms with Crippen molar-refractivity contribution in [2.75, 3.05) is 34.5 Å². The number of hydrogen-bond acceptors (Lipinski definition) is 8. The summed E-state index contributed by atoms with van der Waals surface area (Å²) in [6.07, 6.45) is 15.8. The van der Waals surface area contributed by atoms with Crippen molar-refractivity contribution in [1.29, 1.82) is 5.41 Å². The fourth-order valence-corrected chi connectivity index (χ4v) is 5.17. The fraction of sp³-hybridized carbons (Fsp3) is 0.429. The molecule has 0 spiro atoms. The average Bonchev–Trinajstić information content (AvgIpc) is 3.18. The Morgan fingerprint density at radius 1 is 0.720 bits per heavy atom. The molecule has 1 aliphatic rings. The van der Waals surface area contributed by atoms with E-state index in [0.29, 0.717) is 6.29 Å². The number of rotatable bonds is 17. The molecule has 1 aliphatic carbocycles. The lowest BCUT2D eigenvalue weighted by atomic mass is 9.84. The van der Waals surface area contributed by atoms with Crippen LogP contribution in [0, 0.1) is 17.2 Å². The summed E-state index contributed by atoms with van der Waals surface area (Å²) in [4.78, 5) is 29.6. The molecule has 1 N–H and O–H groups in total. The number of aryl methyl sites for hydroxylation is 1. The zero-order valence-electron chi connectivity index (χ0n) is 30.4. The Kier molecular flexibility index (Phi) is 24.6. The van der Waals surface area contributed by atoms with Gasteiger partial charge in [0.2, 0.25) is 0 Å². The second-order valence-corrected chi connectivity index (χ2v) is 11.8. The Balaban J connectivity index is 0.000000369. The van der Waals surface area contributed by atoms with Gasteiger partial charge in [-0.05, 0) is 111 Å². The molecule has 0 bridgehead atoms. The van der Waals surface area contributed by atoms with Gasteiger partial charge in [0.05, 0.1) is 20.8 Å². The predicted octanol–water partition coefficient (Wildman–Crippen LogP) is 9.16. The van der Waals surface area contributed by atoms with Crippen LogP contribution >= 0.6 is 0 Å². The minimum Gasteiger partial charge on any atom is -0.497 e. The van der Waals surface area contributed by atoms with Gasteiger partial charge < -0.3 is 33.9 Å². The zero-order chi connectivity index (χ0) is 36.8. The molecule has 0 aliphatic heterocycles. The molecular weight excluding hydrogens is 630 g/mol. The Bertz CT molecular complexity index is 1330. The van der Waals surface area contributed by atoms with Crippen LogP contribution in [-0.4, -0.2) is 59.6 Å². The van der Waals surface area contributed by atoms with Gasteiger partial charge in [-0.1, -0.05) is 56.7 Å². The lowest BCUT2D eigenvalue weighted by Crippen LogP contribution is -2.15. The average molecular weight is 688 g/mol. The van der Waals surface area contributed by atoms with Crippen LogP contribution in [0.15, 0.2) is 79.4 Å². The molecule has 0 aromatic heterocycles. The van der Waals surface area contributed by atoms with Gasteiger partial charge >= 0.3 is 0 Å². The molecule has 8 nitrogen and oxygen atoms in total. The maximum absolute atomic E-state index is 10.3. The normalized spacial score (nSPS) is 14.4. The third kappa shape index (κ3) is 18.3. The second kappa shape index (κ2) is 28.3. The molecule has 1 saturated carbocycles. The van der Waals surface area contributed by atoms with Crippen LogP contribution in [0.1, 0.15) is 75.8 Å². The standard InChI is InChI=1S/C17H19NO.C14H22O3.C8H12O2.C3H4O/c1-3-4-13-5-7-14(8-6-13)17-10-9-16(19-2)11-15(17)12-18;1-15-11-5-3-4-6-12-17-14-9-7-13(16-2)8-10-14;9-5-7-1-2-8(6-10)4-3-7;1-2-3-4/h5-12,18H,3-4H2,1-2H3;7-10H,3-6,11-12H2,1-2H3;5-8H,1-4H2;2-3H,1H2. The quantitative estimate of drug-likeness (QED) is 0.0652. The van der Waals surface area contributed by atoms with Crippen molar-refractivity contribution in [3.05, 3.63) is 90.5 Å². The van der Waals surface area contributed by atoms with Gasteiger partial charge in [0.15, 0.2) is 0 Å². The van der Waals surface area contributed by atoms with E-state index >= 15 is 0 Å². The van der Waals surface area contributed by atoms with E-state index < -0.39 is 0 Å². The van der Waals surface area contributed by atoms with Crippen molar-refractivity contribution in [3.63, 3.8) is 0 Å². The molecule has 4 rings (SSSR count). The minimum absolute atomic E-state index is 0.233. The van der Waals surface area contributed by atoms with Crippen molar-refractivity contribution in [2.24, 2.45) is 11.8 Å². The van der Waals surface area contributed by atoms with Crippen LogP contribution in [0.2, 0.25) is 0 Å². The molecule has 0 saturated heterocycles. The van der Waals surface area contributed by atoms with E-state index in [9.17, 15) is 9.59 Å². The number of hydrogen-bond donors (Lipinski definition) is 1. The highest BCUT2D eigenvalue weighted by atomic mass is 16.5. The lowest BCUT2D eigenvalue weighted by molar-refractivity contribution is -0.115. The van der Waals surface area contributed by atoms with Crippen LogP contribution in [0.3, 0.4) is 0 Å². The van der Waals surface area contributed by atoms with Gasteiger partial charge in [0, 0.05) is 37.3 Å². The highest BCUT2D eigenvalue weighted by molar-refractivity contribution is 5.89. The van der Waals surface area contributed by atoms with E-state index in [2.05, 4.69) is 37.8 Å². The number of carbonyl (C=O) groups excluding carboxylic acids is 3. The summed E-state index contributed by atoms with van der Waals surface area (Å²) in [6, 6.07) is 22.1. The molecule has 3 aromatic carbocycles. The maximum atomic E-state index is 10.3. The molecular formula is C42H57NO7. The molecule has 0 amide bonds. The van der Waals surface area contributed by atoms with Crippen molar-refractivity contribution in [1.82, 2.24) is 0 Å². The number of allylic oxidation sites excluding steroid dienone is 1. The van der Waals surface area contributed by atoms with Crippen LogP contribution in [-0.2, 0) is 25.5 Å². The van der Waals surface area contributed by atoms with Gasteiger partial charge in [-0.2, -0.15) is 0 Å². The van der Waals surface area contributed by atoms with Crippen molar-refractivity contribution in [3.8, 4) is 28.4 Å². The first-order chi connectivity index (χ1) is 24.4. The molecule has 1 fully saturated rings. The van der Waals surface area contributed by atoms with Gasteiger partial charge in [-0.25, -0.2) is 0 Å². The Labute approximate surface area is 299 Å². The van der Waals surface area contributed by atoms with E-state index in [0.717, 1.165) is 111 Å². The van der Waals surface area contributed by atoms with Gasteiger partial charge in [0.1, 0.15) is 36.1 Å². The number of unbranched alkanes of at least 4 members (excludes halogenated alkanes) is 3. The third-order valence-electron chi connectivity index (χ3n) is 8.09. The number of aldehydes is 3. The Morgan fingerprint density at radius 2 is 1.24 bits per heavy atom. The SMILES string of the molecule is C=CC=O.CCCc1ccc(-c2ccc(OC)cc2C=N)cc1.COCCCCCCOc1ccc(OC)cc1.O=CC1CCC(C=O)CC1. The van der Waals surface area contributed by atoms with Crippen LogP contribution in [0.25, 0.3) is 11.1 Å². The molecule has 50 heavy (non-hydrogen) atoms. The molecule has 0 atom stereocenters. The molecule has 3 aromatic rings. The van der Waals surface area contributed by atoms with Crippen LogP contribution < -0.4 is 14.2 Å². The highest BCUT2D eigenvalue weighted by Crippen LogP contribution is 2.27. The number of ether oxygens (including phenoxy) is 4. The molecule has 8 heteroatoms. The fourth-order valence-electron chi connectivity index (χ4n) is 5.17. The Hall–Kier alpha value is -4.56. The van der Waals surface area contributed by atoms with E-state index in [-0.39, 0.29) is 11.8 Å². The zero-order valence-corrected chi connectivity index (χ0v) is 30.4. The minimum atomic E-state index is 0.233. The van der Waals surface area contributed by atoms with Gasteiger partial charge in [-0.3, -0.25) is 4.79 Å². The van der Waals surface area contributed by atoms with E-state index in [1.54, 1.807) is 21.3 Å². The Morgan fingerprint density at radius 3 is 1.70 bits per heavy atom. The van der Waals surface area contributed by atoms with Gasteiger partial charge in [-0.15, -0.1) is 0 Å². The van der Waals surface area contributed by atoms with E-state index in [4.69, 9.17) is 29.2 Å². The molecule has 272 valence electrons. The summed E-state index contributed by atoms with van der Waals surface area (Å²) >= 11 is 0. The summed E-state index contributed by atoms with van der Waals surface area (Å²) in [6.45, 7) is 6.93. The third-order valence-corrected chi connectivity index (χ3v) is 8.09. The molecule has 0 unspecified atom stereocenters. The summed E-state index contributed by atoms with van der Waals surface area (Å²) in [7, 11) is 5.05. The van der Waals surface area contributed by atoms with Crippen molar-refractivity contribution < 1.29 is 33.3 Å². The number of benzene rings is 3. The number of carbonyl (C=O) groups is 3. The first-order valence-corrected chi connectivity index (χ1v) is 17.4. The lowest BCUT2D eigenvalue weighted by Gasteiger charge is -2.20. The molecule has 0 heterocycles. The maximum Gasteiger partial charge on any atom is 0.142 e. The van der Waals surface area contributed by atoms with Crippen molar-refractivity contribution in [2.45, 2.75) is 71.1 Å². The predicted molar refractivity (Wildman–Crippen MR) is 203 cm³/mol. The monoisotopic (exact) mass is 687 g/mol. The summed E-state index contributed by atoms with van der Waals surface area (Å²) in [5, 5.41) is 7.53. The number of nitrogens with one attached hydrogen (secondary N) is 1. The largest absolute Gasteiger partial charge is 0.497 e. The smallest absolute Gasteiger partial charge is 0.142 e.